The van der Waals surface area contributed by atoms with E-state index in [0.29, 0.717) is 23.6 Å². The first kappa shape index (κ1) is 15.4. The van der Waals surface area contributed by atoms with Gasteiger partial charge in [-0.1, -0.05) is 42.5 Å². The van der Waals surface area contributed by atoms with Crippen LogP contribution < -0.4 is 9.47 Å². The van der Waals surface area contributed by atoms with E-state index >= 15 is 0 Å². The summed E-state index contributed by atoms with van der Waals surface area (Å²) in [5.41, 5.74) is 2.62. The fraction of sp³-hybridized carbons (Fsp3) is 0.143. The monoisotopic (exact) mass is 331 g/mol. The van der Waals surface area contributed by atoms with E-state index in [2.05, 4.69) is 4.99 Å². The summed E-state index contributed by atoms with van der Waals surface area (Å²) in [6, 6.07) is 15.4. The van der Waals surface area contributed by atoms with Crippen LogP contribution in [0.15, 0.2) is 71.8 Å². The quantitative estimate of drug-likeness (QED) is 0.797. The average molecular weight is 331 g/mol. The predicted octanol–water partition coefficient (Wildman–Crippen LogP) is 3.94. The summed E-state index contributed by atoms with van der Waals surface area (Å²) in [6.07, 6.45) is 7.80. The van der Waals surface area contributed by atoms with Crippen LogP contribution >= 0.6 is 0 Å². The van der Waals surface area contributed by atoms with Crippen molar-refractivity contribution in [3.8, 4) is 11.5 Å². The van der Waals surface area contributed by atoms with Gasteiger partial charge in [0.15, 0.2) is 17.3 Å². The van der Waals surface area contributed by atoms with Crippen molar-refractivity contribution in [1.82, 2.24) is 0 Å². The fourth-order valence-electron chi connectivity index (χ4n) is 2.82. The highest BCUT2D eigenvalue weighted by Gasteiger charge is 2.22. The standard InChI is InChI=1S/C21H17NO3/c23-21(16-8-11-19-20(12-16)25-14-24-19)17-7-10-18(22-13-17)9-6-15-4-2-1-3-5-15/h1-12,17H,13-14H2/b9-6+. The van der Waals surface area contributed by atoms with Crippen LogP contribution in [0.2, 0.25) is 0 Å². The topological polar surface area (TPSA) is 47.9 Å². The first-order valence-corrected chi connectivity index (χ1v) is 8.19. The SMILES string of the molecule is O=C(c1ccc2c(c1)OCO2)C1C=CC(/C=C/c2ccccc2)=NC1. The minimum Gasteiger partial charge on any atom is -0.454 e. The molecule has 0 saturated carbocycles. The van der Waals surface area contributed by atoms with E-state index in [0.717, 1.165) is 11.3 Å². The van der Waals surface area contributed by atoms with E-state index < -0.39 is 0 Å². The molecule has 0 N–H and O–H groups in total. The molecular formula is C21H17NO3. The molecule has 0 aromatic heterocycles. The Morgan fingerprint density at radius 1 is 1.04 bits per heavy atom. The molecule has 2 aliphatic rings. The highest BCUT2D eigenvalue weighted by atomic mass is 16.7. The number of ketones is 1. The number of Topliss-reactive ketones (excluding diaryl/α,β-unsaturated/α-hetero) is 1. The summed E-state index contributed by atoms with van der Waals surface area (Å²) in [6.45, 7) is 0.663. The molecule has 124 valence electrons. The number of aliphatic imine (C=N–C) groups is 1. The van der Waals surface area contributed by atoms with Gasteiger partial charge in [0.05, 0.1) is 18.2 Å². The van der Waals surface area contributed by atoms with Crippen molar-refractivity contribution in [2.45, 2.75) is 0 Å². The molecule has 0 amide bonds. The molecule has 1 atom stereocenters. The largest absolute Gasteiger partial charge is 0.454 e. The van der Waals surface area contributed by atoms with E-state index in [-0.39, 0.29) is 18.5 Å². The third-order valence-electron chi connectivity index (χ3n) is 4.21. The second-order valence-electron chi connectivity index (χ2n) is 5.91. The molecule has 0 saturated heterocycles. The van der Waals surface area contributed by atoms with Crippen molar-refractivity contribution in [3.05, 3.63) is 77.9 Å². The number of hydrogen-bond donors (Lipinski definition) is 0. The van der Waals surface area contributed by atoms with E-state index in [4.69, 9.17) is 9.47 Å². The zero-order valence-corrected chi connectivity index (χ0v) is 13.6. The van der Waals surface area contributed by atoms with E-state index in [1.54, 1.807) is 18.2 Å². The summed E-state index contributed by atoms with van der Waals surface area (Å²) in [7, 11) is 0. The zero-order valence-electron chi connectivity index (χ0n) is 13.6. The molecule has 2 aromatic carbocycles. The van der Waals surface area contributed by atoms with Gasteiger partial charge in [0, 0.05) is 5.56 Å². The van der Waals surface area contributed by atoms with Gasteiger partial charge in [-0.25, -0.2) is 0 Å². The lowest BCUT2D eigenvalue weighted by atomic mass is 9.95. The Hall–Kier alpha value is -3.14. The Morgan fingerprint density at radius 2 is 1.88 bits per heavy atom. The second kappa shape index (κ2) is 6.77. The number of carbonyl (C=O) groups is 1. The van der Waals surface area contributed by atoms with Gasteiger partial charge in [-0.3, -0.25) is 9.79 Å². The number of fused-ring (bicyclic) bond motifs is 1. The van der Waals surface area contributed by atoms with Crippen molar-refractivity contribution in [1.29, 1.82) is 0 Å². The van der Waals surface area contributed by atoms with Gasteiger partial charge in [0.2, 0.25) is 6.79 Å². The molecule has 0 bridgehead atoms. The minimum absolute atomic E-state index is 0.0457. The minimum atomic E-state index is -0.241. The van der Waals surface area contributed by atoms with E-state index in [1.807, 2.05) is 54.6 Å². The molecule has 2 heterocycles. The summed E-state index contributed by atoms with van der Waals surface area (Å²) in [5.74, 6) is 1.11. The number of allylic oxidation sites excluding steroid dienone is 2. The maximum absolute atomic E-state index is 12.7. The van der Waals surface area contributed by atoms with Gasteiger partial charge in [-0.05, 0) is 35.9 Å². The fourth-order valence-corrected chi connectivity index (χ4v) is 2.82. The summed E-state index contributed by atoms with van der Waals surface area (Å²) in [5, 5.41) is 0. The molecule has 4 heteroatoms. The molecule has 0 spiro atoms. The zero-order chi connectivity index (χ0) is 17.1. The average Bonchev–Trinajstić information content (AvgIpc) is 3.15. The van der Waals surface area contributed by atoms with Crippen LogP contribution in [-0.4, -0.2) is 24.8 Å². The first-order chi connectivity index (χ1) is 12.3. The van der Waals surface area contributed by atoms with Crippen molar-refractivity contribution in [2.75, 3.05) is 13.3 Å². The Balaban J connectivity index is 1.43. The van der Waals surface area contributed by atoms with Gasteiger partial charge in [0.25, 0.3) is 0 Å². The Labute approximate surface area is 146 Å². The number of dihydropyridines is 1. The molecule has 1 unspecified atom stereocenters. The maximum Gasteiger partial charge on any atom is 0.231 e. The van der Waals surface area contributed by atoms with Crippen LogP contribution in [0.25, 0.3) is 6.08 Å². The van der Waals surface area contributed by atoms with E-state index in [1.165, 1.54) is 0 Å². The molecule has 2 aliphatic heterocycles. The molecular weight excluding hydrogens is 314 g/mol. The lowest BCUT2D eigenvalue weighted by molar-refractivity contribution is 0.0948. The summed E-state index contributed by atoms with van der Waals surface area (Å²) >= 11 is 0. The Bertz CT molecular complexity index is 881. The van der Waals surface area contributed by atoms with Crippen LogP contribution in [0.5, 0.6) is 11.5 Å². The molecule has 0 fully saturated rings. The Kier molecular flexibility index (Phi) is 4.17. The molecule has 25 heavy (non-hydrogen) atoms. The number of rotatable bonds is 4. The van der Waals surface area contributed by atoms with Crippen LogP contribution in [-0.2, 0) is 0 Å². The lowest BCUT2D eigenvalue weighted by Gasteiger charge is -2.13. The normalized spacial score (nSPS) is 18.4. The molecule has 4 nitrogen and oxygen atoms in total. The predicted molar refractivity (Wildman–Crippen MR) is 97.3 cm³/mol. The maximum atomic E-state index is 12.7. The highest BCUT2D eigenvalue weighted by Crippen LogP contribution is 2.33. The summed E-state index contributed by atoms with van der Waals surface area (Å²) < 4.78 is 10.6. The Morgan fingerprint density at radius 3 is 2.68 bits per heavy atom. The lowest BCUT2D eigenvalue weighted by Crippen LogP contribution is -2.19. The van der Waals surface area contributed by atoms with Gasteiger partial charge in [-0.15, -0.1) is 0 Å². The second-order valence-corrected chi connectivity index (χ2v) is 5.91. The smallest absolute Gasteiger partial charge is 0.231 e. The van der Waals surface area contributed by atoms with Crippen molar-refractivity contribution in [2.24, 2.45) is 10.9 Å². The number of ether oxygens (including phenoxy) is 2. The molecule has 2 aromatic rings. The van der Waals surface area contributed by atoms with Crippen LogP contribution in [0, 0.1) is 5.92 Å². The third kappa shape index (κ3) is 3.38. The third-order valence-corrected chi connectivity index (χ3v) is 4.21. The van der Waals surface area contributed by atoms with Crippen molar-refractivity contribution in [3.63, 3.8) is 0 Å². The molecule has 0 aliphatic carbocycles. The van der Waals surface area contributed by atoms with Crippen LogP contribution in [0.3, 0.4) is 0 Å². The molecule has 4 rings (SSSR count). The number of benzene rings is 2. The van der Waals surface area contributed by atoms with Crippen molar-refractivity contribution < 1.29 is 14.3 Å². The van der Waals surface area contributed by atoms with Gasteiger partial charge >= 0.3 is 0 Å². The van der Waals surface area contributed by atoms with Crippen LogP contribution in [0.1, 0.15) is 15.9 Å². The van der Waals surface area contributed by atoms with Gasteiger partial charge in [0.1, 0.15) is 0 Å². The summed E-state index contributed by atoms with van der Waals surface area (Å²) in [4.78, 5) is 17.2. The van der Waals surface area contributed by atoms with E-state index in [9.17, 15) is 4.79 Å². The van der Waals surface area contributed by atoms with Crippen molar-refractivity contribution >= 4 is 17.6 Å². The number of nitrogens with zero attached hydrogens (tertiary/aromatic N) is 1. The number of carbonyl (C=O) groups excluding carboxylic acids is 1. The first-order valence-electron chi connectivity index (χ1n) is 8.19. The van der Waals surface area contributed by atoms with Crippen LogP contribution in [0.4, 0.5) is 0 Å². The van der Waals surface area contributed by atoms with Gasteiger partial charge in [-0.2, -0.15) is 0 Å². The highest BCUT2D eigenvalue weighted by molar-refractivity contribution is 6.08. The number of hydrogen-bond acceptors (Lipinski definition) is 4. The van der Waals surface area contributed by atoms with Gasteiger partial charge < -0.3 is 9.47 Å². The molecule has 0 radical (unpaired) electrons.